The molecule has 1 aromatic heterocycles. The first kappa shape index (κ1) is 13.6. The normalized spacial score (nSPS) is 17.4. The predicted octanol–water partition coefficient (Wildman–Crippen LogP) is 0.669. The van der Waals surface area contributed by atoms with Crippen molar-refractivity contribution in [3.05, 3.63) is 52.1 Å². The minimum Gasteiger partial charge on any atom is -0.489 e. The van der Waals surface area contributed by atoms with Crippen LogP contribution in [0.2, 0.25) is 0 Å². The quantitative estimate of drug-likeness (QED) is 0.866. The topological polar surface area (TPSA) is 84.2 Å². The van der Waals surface area contributed by atoms with Crippen LogP contribution in [0.1, 0.15) is 11.1 Å². The molecule has 0 spiro atoms. The summed E-state index contributed by atoms with van der Waals surface area (Å²) in [6.45, 7) is 1.16. The minimum absolute atomic E-state index is 0.100. The summed E-state index contributed by atoms with van der Waals surface area (Å²) in [6, 6.07) is 8.37. The fraction of sp³-hybridized carbons (Fsp3) is 0.333. The number of ether oxygens (including phenoxy) is 1. The van der Waals surface area contributed by atoms with E-state index >= 15 is 0 Å². The van der Waals surface area contributed by atoms with E-state index in [-0.39, 0.29) is 17.4 Å². The first-order chi connectivity index (χ1) is 10.2. The molecule has 6 nitrogen and oxygen atoms in total. The van der Waals surface area contributed by atoms with Crippen LogP contribution in [0.4, 0.5) is 5.82 Å². The number of nitrogens with one attached hydrogen (secondary N) is 1. The Morgan fingerprint density at radius 1 is 1.43 bits per heavy atom. The second kappa shape index (κ2) is 5.57. The zero-order valence-corrected chi connectivity index (χ0v) is 11.9. The predicted molar refractivity (Wildman–Crippen MR) is 80.6 cm³/mol. The lowest BCUT2D eigenvalue weighted by atomic mass is 9.94. The lowest BCUT2D eigenvalue weighted by Gasteiger charge is -2.37. The van der Waals surface area contributed by atoms with Gasteiger partial charge in [-0.3, -0.25) is 4.79 Å². The van der Waals surface area contributed by atoms with Crippen molar-refractivity contribution in [2.45, 2.75) is 19.0 Å². The summed E-state index contributed by atoms with van der Waals surface area (Å²) in [4.78, 5) is 20.8. The van der Waals surface area contributed by atoms with Crippen LogP contribution in [0.25, 0.3) is 0 Å². The van der Waals surface area contributed by atoms with E-state index in [9.17, 15) is 4.79 Å². The van der Waals surface area contributed by atoms with Gasteiger partial charge < -0.3 is 20.4 Å². The summed E-state index contributed by atoms with van der Waals surface area (Å²) in [5, 5.41) is 0. The Hall–Kier alpha value is -2.34. The van der Waals surface area contributed by atoms with Crippen LogP contribution in [-0.2, 0) is 13.0 Å². The zero-order valence-electron chi connectivity index (χ0n) is 11.9. The molecule has 0 bridgehead atoms. The van der Waals surface area contributed by atoms with Crippen LogP contribution in [0, 0.1) is 0 Å². The summed E-state index contributed by atoms with van der Waals surface area (Å²) in [6.07, 6.45) is 2.23. The molecule has 1 aliphatic heterocycles. The number of methoxy groups -OCH3 is 1. The largest absolute Gasteiger partial charge is 0.489 e. The molecule has 0 saturated carbocycles. The number of anilines is 1. The highest BCUT2D eigenvalue weighted by atomic mass is 16.5. The highest BCUT2D eigenvalue weighted by Gasteiger charge is 2.28. The number of nitrogens with zero attached hydrogens (tertiary/aromatic N) is 2. The molecule has 1 atom stereocenters. The number of rotatable bonds is 3. The van der Waals surface area contributed by atoms with Gasteiger partial charge >= 0.3 is 0 Å². The fourth-order valence-corrected chi connectivity index (χ4v) is 2.81. The highest BCUT2D eigenvalue weighted by Crippen LogP contribution is 2.30. The molecule has 3 rings (SSSR count). The van der Waals surface area contributed by atoms with Gasteiger partial charge in [-0.25, -0.2) is 4.98 Å². The van der Waals surface area contributed by atoms with E-state index in [0.717, 1.165) is 6.42 Å². The van der Waals surface area contributed by atoms with Gasteiger partial charge in [-0.05, 0) is 17.5 Å². The van der Waals surface area contributed by atoms with Crippen molar-refractivity contribution in [3.63, 3.8) is 0 Å². The van der Waals surface area contributed by atoms with E-state index in [2.05, 4.69) is 27.0 Å². The number of H-pyrrole nitrogens is 1. The molecule has 1 aliphatic rings. The van der Waals surface area contributed by atoms with Gasteiger partial charge in [-0.1, -0.05) is 24.3 Å². The highest BCUT2D eigenvalue weighted by molar-refractivity contribution is 5.54. The maximum absolute atomic E-state index is 11.9. The smallest absolute Gasteiger partial charge is 0.295 e. The van der Waals surface area contributed by atoms with Gasteiger partial charge in [0.15, 0.2) is 5.82 Å². The van der Waals surface area contributed by atoms with E-state index in [4.69, 9.17) is 10.5 Å². The molecule has 2 aromatic rings. The molecule has 6 heteroatoms. The standard InChI is InChI=1S/C15H18N4O2/c1-21-13-14(17-9-18-15(13)20)19-8-11-5-3-2-4-10(11)6-12(19)7-16/h2-5,9,12H,6-8,16H2,1H3,(H,17,18,20). The summed E-state index contributed by atoms with van der Waals surface area (Å²) >= 11 is 0. The molecule has 21 heavy (non-hydrogen) atoms. The lowest BCUT2D eigenvalue weighted by molar-refractivity contribution is 0.401. The van der Waals surface area contributed by atoms with Gasteiger partial charge in [0, 0.05) is 19.1 Å². The Morgan fingerprint density at radius 3 is 2.90 bits per heavy atom. The Morgan fingerprint density at radius 2 is 2.19 bits per heavy atom. The number of aromatic nitrogens is 2. The summed E-state index contributed by atoms with van der Waals surface area (Å²) in [5.74, 6) is 0.779. The molecule has 0 radical (unpaired) electrons. The average molecular weight is 286 g/mol. The Labute approximate surface area is 122 Å². The number of fused-ring (bicyclic) bond motifs is 1. The molecular formula is C15H18N4O2. The fourth-order valence-electron chi connectivity index (χ4n) is 2.81. The van der Waals surface area contributed by atoms with Crippen LogP contribution >= 0.6 is 0 Å². The second-order valence-electron chi connectivity index (χ2n) is 5.08. The van der Waals surface area contributed by atoms with Crippen LogP contribution in [0.5, 0.6) is 5.75 Å². The zero-order chi connectivity index (χ0) is 14.8. The van der Waals surface area contributed by atoms with Crippen LogP contribution in [-0.4, -0.2) is 29.7 Å². The Kier molecular flexibility index (Phi) is 3.62. The second-order valence-corrected chi connectivity index (χ2v) is 5.08. The van der Waals surface area contributed by atoms with Crippen molar-refractivity contribution in [2.24, 2.45) is 5.73 Å². The Balaban J connectivity index is 2.06. The van der Waals surface area contributed by atoms with Crippen LogP contribution in [0.15, 0.2) is 35.4 Å². The van der Waals surface area contributed by atoms with Gasteiger partial charge in [-0.15, -0.1) is 0 Å². The van der Waals surface area contributed by atoms with E-state index in [0.29, 0.717) is 18.9 Å². The first-order valence-corrected chi connectivity index (χ1v) is 6.89. The molecule has 0 aliphatic carbocycles. The monoisotopic (exact) mass is 286 g/mol. The van der Waals surface area contributed by atoms with Crippen molar-refractivity contribution in [1.82, 2.24) is 9.97 Å². The molecule has 2 heterocycles. The molecule has 3 N–H and O–H groups in total. The van der Waals surface area contributed by atoms with Gasteiger partial charge in [0.1, 0.15) is 0 Å². The molecule has 110 valence electrons. The van der Waals surface area contributed by atoms with Crippen LogP contribution in [0.3, 0.4) is 0 Å². The van der Waals surface area contributed by atoms with Gasteiger partial charge in [0.2, 0.25) is 5.75 Å². The molecule has 0 fully saturated rings. The number of aromatic amines is 1. The third-order valence-electron chi connectivity index (χ3n) is 3.90. The van der Waals surface area contributed by atoms with Gasteiger partial charge in [-0.2, -0.15) is 0 Å². The van der Waals surface area contributed by atoms with E-state index in [1.54, 1.807) is 0 Å². The molecule has 1 aromatic carbocycles. The molecule has 0 saturated heterocycles. The Bertz CT molecular complexity index is 698. The maximum Gasteiger partial charge on any atom is 0.295 e. The third-order valence-corrected chi connectivity index (χ3v) is 3.90. The number of hydrogen-bond donors (Lipinski definition) is 2. The number of hydrogen-bond acceptors (Lipinski definition) is 5. The van der Waals surface area contributed by atoms with Crippen LogP contribution < -0.4 is 20.9 Å². The number of nitrogens with two attached hydrogens (primary N) is 1. The van der Waals surface area contributed by atoms with Crippen molar-refractivity contribution >= 4 is 5.82 Å². The van der Waals surface area contributed by atoms with E-state index in [1.807, 2.05) is 12.1 Å². The van der Waals surface area contributed by atoms with E-state index < -0.39 is 0 Å². The summed E-state index contributed by atoms with van der Waals surface area (Å²) in [5.41, 5.74) is 8.17. The first-order valence-electron chi connectivity index (χ1n) is 6.89. The lowest BCUT2D eigenvalue weighted by Crippen LogP contribution is -2.46. The maximum atomic E-state index is 11.9. The summed E-state index contributed by atoms with van der Waals surface area (Å²) in [7, 11) is 1.48. The van der Waals surface area contributed by atoms with Gasteiger partial charge in [0.05, 0.1) is 13.4 Å². The van der Waals surface area contributed by atoms with Crippen molar-refractivity contribution in [2.75, 3.05) is 18.6 Å². The molecule has 1 unspecified atom stereocenters. The molecule has 0 amide bonds. The SMILES string of the molecule is COc1c(N2Cc3ccccc3CC2CN)nc[nH]c1=O. The van der Waals surface area contributed by atoms with Gasteiger partial charge in [0.25, 0.3) is 5.56 Å². The van der Waals surface area contributed by atoms with Crippen molar-refractivity contribution < 1.29 is 4.74 Å². The van der Waals surface area contributed by atoms with Crippen molar-refractivity contribution in [1.29, 1.82) is 0 Å². The van der Waals surface area contributed by atoms with Crippen molar-refractivity contribution in [3.8, 4) is 5.75 Å². The third kappa shape index (κ3) is 2.38. The molecular weight excluding hydrogens is 268 g/mol. The van der Waals surface area contributed by atoms with E-state index in [1.165, 1.54) is 24.6 Å². The summed E-state index contributed by atoms with van der Waals surface area (Å²) < 4.78 is 5.22. The average Bonchev–Trinajstić information content (AvgIpc) is 2.53. The minimum atomic E-state index is -0.280. The number of benzene rings is 1.